The molecule has 0 radical (unpaired) electrons. The van der Waals surface area contributed by atoms with Gasteiger partial charge in [0.05, 0.1) is 6.61 Å². The highest BCUT2D eigenvalue weighted by Gasteiger charge is 2.37. The molecule has 2 heterocycles. The summed E-state index contributed by atoms with van der Waals surface area (Å²) in [6, 6.07) is 21.4. The second-order valence-electron chi connectivity index (χ2n) is 10.1. The predicted molar refractivity (Wildman–Crippen MR) is 162 cm³/mol. The van der Waals surface area contributed by atoms with Crippen LogP contribution in [0.25, 0.3) is 0 Å². The third-order valence-electron chi connectivity index (χ3n) is 7.39. The quantitative estimate of drug-likeness (QED) is 0.203. The number of fused-ring (bicyclic) bond motifs is 1. The van der Waals surface area contributed by atoms with E-state index in [9.17, 15) is 4.79 Å². The molecule has 2 aliphatic rings. The lowest BCUT2D eigenvalue weighted by atomic mass is 9.85. The fourth-order valence-electron chi connectivity index (χ4n) is 5.27. The largest absolute Gasteiger partial charge is 0.490 e. The standard InChI is InChI=1S/C32H31ClN4O3S/c1-3-39-28-17-21(15-16-27(28)40-18-22-10-5-4-9-20(22)2)30-29-25(13-8-14-26(29)38)34-31-35-32(36-37(30)31)41-19-23-11-6-7-12-24(23)33/h4-7,9-12,15-17,30H,3,8,13-14,18-19H2,1-2H3,(H,34,35,36). The number of halogens is 1. The van der Waals surface area contributed by atoms with Gasteiger partial charge < -0.3 is 14.8 Å². The van der Waals surface area contributed by atoms with Crippen molar-refractivity contribution in [1.29, 1.82) is 0 Å². The number of anilines is 1. The number of allylic oxidation sites excluding steroid dienone is 2. The van der Waals surface area contributed by atoms with Crippen LogP contribution in [0.1, 0.15) is 54.5 Å². The van der Waals surface area contributed by atoms with Crippen LogP contribution in [0.3, 0.4) is 0 Å². The van der Waals surface area contributed by atoms with Crippen molar-refractivity contribution >= 4 is 35.1 Å². The fraction of sp³-hybridized carbons (Fsp3) is 0.281. The summed E-state index contributed by atoms with van der Waals surface area (Å²) in [4.78, 5) is 18.1. The highest BCUT2D eigenvalue weighted by atomic mass is 35.5. The summed E-state index contributed by atoms with van der Waals surface area (Å²) in [6.45, 7) is 4.95. The number of nitrogens with zero attached hydrogens (tertiary/aromatic N) is 3. The molecule has 1 N–H and O–H groups in total. The van der Waals surface area contributed by atoms with Crippen LogP contribution in [0, 0.1) is 6.92 Å². The monoisotopic (exact) mass is 586 g/mol. The number of hydrogen-bond donors (Lipinski definition) is 1. The summed E-state index contributed by atoms with van der Waals surface area (Å²) in [5.41, 5.74) is 5.88. The molecule has 3 aromatic carbocycles. The number of Topliss-reactive ketones (excluding diaryl/α,β-unsaturated/α-hetero) is 1. The molecule has 41 heavy (non-hydrogen) atoms. The Morgan fingerprint density at radius 2 is 1.83 bits per heavy atom. The number of thioether (sulfide) groups is 1. The summed E-state index contributed by atoms with van der Waals surface area (Å²) >= 11 is 7.89. The molecule has 4 aromatic rings. The number of carbonyl (C=O) groups is 1. The van der Waals surface area contributed by atoms with Crippen molar-refractivity contribution in [3.63, 3.8) is 0 Å². The molecule has 0 spiro atoms. The van der Waals surface area contributed by atoms with E-state index >= 15 is 0 Å². The van der Waals surface area contributed by atoms with E-state index in [2.05, 4.69) is 24.4 Å². The van der Waals surface area contributed by atoms with E-state index in [0.29, 0.717) is 48.0 Å². The van der Waals surface area contributed by atoms with E-state index < -0.39 is 6.04 Å². The van der Waals surface area contributed by atoms with Gasteiger partial charge in [0.2, 0.25) is 11.1 Å². The number of ether oxygens (including phenoxy) is 2. The van der Waals surface area contributed by atoms with Crippen molar-refractivity contribution in [2.75, 3.05) is 11.9 Å². The molecular weight excluding hydrogens is 556 g/mol. The van der Waals surface area contributed by atoms with Crippen molar-refractivity contribution in [2.24, 2.45) is 0 Å². The van der Waals surface area contributed by atoms with Gasteiger partial charge in [-0.1, -0.05) is 71.9 Å². The normalized spacial score (nSPS) is 16.2. The lowest BCUT2D eigenvalue weighted by Gasteiger charge is -2.32. The molecule has 7 nitrogen and oxygen atoms in total. The minimum absolute atomic E-state index is 0.132. The molecule has 0 saturated heterocycles. The number of ketones is 1. The predicted octanol–water partition coefficient (Wildman–Crippen LogP) is 7.53. The Kier molecular flexibility index (Phi) is 8.03. The van der Waals surface area contributed by atoms with E-state index in [-0.39, 0.29) is 5.78 Å². The maximum absolute atomic E-state index is 13.3. The van der Waals surface area contributed by atoms with Crippen molar-refractivity contribution in [1.82, 2.24) is 14.8 Å². The Morgan fingerprint density at radius 3 is 2.63 bits per heavy atom. The first-order valence-corrected chi connectivity index (χ1v) is 15.2. The SMILES string of the molecule is CCOc1cc(C2C3=C(CCCC3=O)Nc3nc(SCc4ccccc4Cl)nn32)ccc1OCc1ccccc1C. The zero-order valence-corrected chi connectivity index (χ0v) is 24.6. The fourth-order valence-corrected chi connectivity index (χ4v) is 6.39. The van der Waals surface area contributed by atoms with Crippen LogP contribution in [0.5, 0.6) is 11.5 Å². The molecular formula is C32H31ClN4O3S. The van der Waals surface area contributed by atoms with Gasteiger partial charge in [-0.05, 0) is 67.1 Å². The molecule has 0 fully saturated rings. The molecule has 0 amide bonds. The Morgan fingerprint density at radius 1 is 1.02 bits per heavy atom. The first-order valence-electron chi connectivity index (χ1n) is 13.8. The summed E-state index contributed by atoms with van der Waals surface area (Å²) < 4.78 is 14.1. The third-order valence-corrected chi connectivity index (χ3v) is 8.65. The first-order chi connectivity index (χ1) is 20.0. The van der Waals surface area contributed by atoms with Gasteiger partial charge in [-0.25, -0.2) is 4.68 Å². The molecule has 1 unspecified atom stereocenters. The third kappa shape index (κ3) is 5.72. The minimum atomic E-state index is -0.416. The van der Waals surface area contributed by atoms with E-state index in [0.717, 1.165) is 45.8 Å². The van der Waals surface area contributed by atoms with Crippen LogP contribution in [0.2, 0.25) is 5.02 Å². The topological polar surface area (TPSA) is 78.3 Å². The Balaban J connectivity index is 1.33. The second-order valence-corrected chi connectivity index (χ2v) is 11.4. The zero-order valence-electron chi connectivity index (χ0n) is 23.0. The zero-order chi connectivity index (χ0) is 28.3. The Bertz CT molecular complexity index is 1630. The highest BCUT2D eigenvalue weighted by Crippen LogP contribution is 2.43. The Hall–Kier alpha value is -3.75. The number of hydrogen-bond acceptors (Lipinski definition) is 7. The Labute approximate surface area is 248 Å². The summed E-state index contributed by atoms with van der Waals surface area (Å²) in [5, 5.41) is 9.61. The van der Waals surface area contributed by atoms with Crippen molar-refractivity contribution < 1.29 is 14.3 Å². The summed E-state index contributed by atoms with van der Waals surface area (Å²) in [6.07, 6.45) is 2.13. The van der Waals surface area contributed by atoms with E-state index in [1.54, 1.807) is 0 Å². The maximum atomic E-state index is 13.3. The van der Waals surface area contributed by atoms with Gasteiger partial charge in [0.15, 0.2) is 17.3 Å². The van der Waals surface area contributed by atoms with Gasteiger partial charge in [0.1, 0.15) is 12.6 Å². The van der Waals surface area contributed by atoms with E-state index in [4.69, 9.17) is 31.2 Å². The van der Waals surface area contributed by atoms with Crippen LogP contribution < -0.4 is 14.8 Å². The van der Waals surface area contributed by atoms with Crippen LogP contribution in [-0.4, -0.2) is 27.2 Å². The van der Waals surface area contributed by atoms with Crippen LogP contribution in [0.4, 0.5) is 5.95 Å². The summed E-state index contributed by atoms with van der Waals surface area (Å²) in [5.74, 6) is 2.70. The number of aromatic nitrogens is 3. The maximum Gasteiger partial charge on any atom is 0.227 e. The smallest absolute Gasteiger partial charge is 0.227 e. The molecule has 6 rings (SSSR count). The molecule has 210 valence electrons. The molecule has 1 aromatic heterocycles. The molecule has 1 atom stereocenters. The molecule has 9 heteroatoms. The minimum Gasteiger partial charge on any atom is -0.490 e. The number of aryl methyl sites for hydroxylation is 1. The van der Waals surface area contributed by atoms with Gasteiger partial charge in [-0.15, -0.1) is 5.10 Å². The van der Waals surface area contributed by atoms with Crippen molar-refractivity contribution in [3.05, 3.63) is 105 Å². The van der Waals surface area contributed by atoms with Crippen LogP contribution in [0.15, 0.2) is 83.2 Å². The van der Waals surface area contributed by atoms with Crippen LogP contribution >= 0.6 is 23.4 Å². The van der Waals surface area contributed by atoms with E-state index in [1.807, 2.05) is 66.2 Å². The molecule has 0 saturated carbocycles. The average Bonchev–Trinajstić information content (AvgIpc) is 3.38. The number of carbonyl (C=O) groups excluding carboxylic acids is 1. The average molecular weight is 587 g/mol. The first kappa shape index (κ1) is 27.4. The van der Waals surface area contributed by atoms with Gasteiger partial charge in [0.25, 0.3) is 0 Å². The van der Waals surface area contributed by atoms with Crippen molar-refractivity contribution in [2.45, 2.75) is 56.7 Å². The van der Waals surface area contributed by atoms with E-state index in [1.165, 1.54) is 17.3 Å². The lowest BCUT2D eigenvalue weighted by molar-refractivity contribution is -0.116. The van der Waals surface area contributed by atoms with Gasteiger partial charge >= 0.3 is 0 Å². The van der Waals surface area contributed by atoms with Gasteiger partial charge in [0, 0.05) is 28.5 Å². The van der Waals surface area contributed by atoms with Gasteiger partial charge in [-0.2, -0.15) is 4.98 Å². The molecule has 1 aliphatic heterocycles. The molecule has 0 bridgehead atoms. The second kappa shape index (κ2) is 12.0. The number of rotatable bonds is 9. The summed E-state index contributed by atoms with van der Waals surface area (Å²) in [7, 11) is 0. The lowest BCUT2D eigenvalue weighted by Crippen LogP contribution is -2.31. The highest BCUT2D eigenvalue weighted by molar-refractivity contribution is 7.98. The van der Waals surface area contributed by atoms with Crippen molar-refractivity contribution in [3.8, 4) is 11.5 Å². The number of nitrogens with one attached hydrogen (secondary N) is 1. The van der Waals surface area contributed by atoms with Gasteiger partial charge in [-0.3, -0.25) is 4.79 Å². The van der Waals surface area contributed by atoms with Crippen LogP contribution in [-0.2, 0) is 17.2 Å². The number of benzene rings is 3. The molecule has 1 aliphatic carbocycles.